The van der Waals surface area contributed by atoms with Crippen LogP contribution in [0, 0.1) is 6.92 Å². The molecule has 4 rings (SSSR count). The summed E-state index contributed by atoms with van der Waals surface area (Å²) >= 11 is 6.10. The van der Waals surface area contributed by atoms with E-state index in [0.717, 1.165) is 41.4 Å². The molecule has 0 saturated carbocycles. The number of hydrogen-bond donors (Lipinski definition) is 1. The fourth-order valence-corrected chi connectivity index (χ4v) is 5.84. The summed E-state index contributed by atoms with van der Waals surface area (Å²) in [5.74, 6) is -0.370. The number of carbonyl (C=O) groups is 2. The predicted molar refractivity (Wildman–Crippen MR) is 145 cm³/mol. The summed E-state index contributed by atoms with van der Waals surface area (Å²) in [6, 6.07) is 20.5. The molecule has 9 heteroatoms. The second kappa shape index (κ2) is 11.9. The molecule has 0 unspecified atom stereocenters. The van der Waals surface area contributed by atoms with Crippen LogP contribution in [0.3, 0.4) is 0 Å². The second-order valence-electron chi connectivity index (χ2n) is 9.23. The Kier molecular flexibility index (Phi) is 8.63. The molecule has 0 atom stereocenters. The van der Waals surface area contributed by atoms with E-state index in [1.165, 1.54) is 12.1 Å². The molecule has 0 aromatic heterocycles. The van der Waals surface area contributed by atoms with Gasteiger partial charge < -0.3 is 10.2 Å². The number of sulfonamides is 1. The lowest BCUT2D eigenvalue weighted by atomic mass is 10.1. The normalized spacial score (nSPS) is 13.6. The predicted octanol–water partition coefficient (Wildman–Crippen LogP) is 4.64. The number of anilines is 1. The summed E-state index contributed by atoms with van der Waals surface area (Å²) in [5.41, 5.74) is 2.99. The van der Waals surface area contributed by atoms with Crippen LogP contribution in [0.4, 0.5) is 5.69 Å². The molecule has 7 nitrogen and oxygen atoms in total. The molecule has 1 aliphatic rings. The number of hydrogen-bond acceptors (Lipinski definition) is 4. The Hall–Kier alpha value is -3.20. The Balaban J connectivity index is 1.46. The fraction of sp³-hybridized carbons (Fsp3) is 0.286. The van der Waals surface area contributed by atoms with Gasteiger partial charge in [-0.3, -0.25) is 9.59 Å². The Bertz CT molecular complexity index is 1350. The minimum absolute atomic E-state index is 0.0122. The molecule has 0 aliphatic carbocycles. The van der Waals surface area contributed by atoms with Crippen molar-refractivity contribution in [1.82, 2.24) is 9.21 Å². The molecule has 194 valence electrons. The van der Waals surface area contributed by atoms with E-state index >= 15 is 0 Å². The molecule has 1 aliphatic heterocycles. The highest BCUT2D eigenvalue weighted by molar-refractivity contribution is 7.89. The van der Waals surface area contributed by atoms with E-state index in [9.17, 15) is 18.0 Å². The van der Waals surface area contributed by atoms with Crippen LogP contribution in [0.2, 0.25) is 5.02 Å². The van der Waals surface area contributed by atoms with Crippen molar-refractivity contribution < 1.29 is 18.0 Å². The molecule has 0 bridgehead atoms. The van der Waals surface area contributed by atoms with E-state index in [2.05, 4.69) is 5.32 Å². The molecule has 1 fully saturated rings. The summed E-state index contributed by atoms with van der Waals surface area (Å²) in [6.07, 6.45) is 2.41. The van der Waals surface area contributed by atoms with Crippen molar-refractivity contribution in [3.05, 3.63) is 94.5 Å². The van der Waals surface area contributed by atoms with Crippen molar-refractivity contribution in [3.8, 4) is 0 Å². The van der Waals surface area contributed by atoms with Crippen LogP contribution in [0.15, 0.2) is 77.7 Å². The second-order valence-corrected chi connectivity index (χ2v) is 11.6. The summed E-state index contributed by atoms with van der Waals surface area (Å²) in [7, 11) is -3.96. The third-order valence-electron chi connectivity index (χ3n) is 6.28. The Morgan fingerprint density at radius 2 is 1.62 bits per heavy atom. The van der Waals surface area contributed by atoms with Gasteiger partial charge in [0.1, 0.15) is 0 Å². The van der Waals surface area contributed by atoms with Crippen LogP contribution in [0.5, 0.6) is 0 Å². The van der Waals surface area contributed by atoms with Gasteiger partial charge in [0.05, 0.1) is 17.9 Å². The quantitative estimate of drug-likeness (QED) is 0.429. The maximum Gasteiger partial charge on any atom is 0.243 e. The van der Waals surface area contributed by atoms with Gasteiger partial charge >= 0.3 is 0 Å². The number of benzene rings is 3. The molecule has 1 saturated heterocycles. The Labute approximate surface area is 223 Å². The first kappa shape index (κ1) is 26.9. The van der Waals surface area contributed by atoms with Gasteiger partial charge in [-0.1, -0.05) is 53.6 Å². The maximum absolute atomic E-state index is 13.5. The molecule has 1 heterocycles. The van der Waals surface area contributed by atoms with Crippen LogP contribution in [-0.4, -0.2) is 49.1 Å². The van der Waals surface area contributed by atoms with Crippen molar-refractivity contribution in [3.63, 3.8) is 0 Å². The lowest BCUT2D eigenvalue weighted by Crippen LogP contribution is -2.37. The number of amides is 2. The van der Waals surface area contributed by atoms with E-state index in [1.807, 2.05) is 11.8 Å². The van der Waals surface area contributed by atoms with Crippen LogP contribution >= 0.6 is 11.6 Å². The average Bonchev–Trinajstić information content (AvgIpc) is 3.41. The molecule has 1 N–H and O–H groups in total. The van der Waals surface area contributed by atoms with E-state index in [0.29, 0.717) is 22.7 Å². The summed E-state index contributed by atoms with van der Waals surface area (Å²) in [5, 5.41) is 3.26. The third kappa shape index (κ3) is 7.19. The average molecular weight is 540 g/mol. The minimum Gasteiger partial charge on any atom is -0.342 e. The van der Waals surface area contributed by atoms with Gasteiger partial charge in [-0.15, -0.1) is 0 Å². The standard InChI is InChI=1S/C28H30ClN3O4S/c1-21-7-13-26(14-8-21)37(35,36)32(19-23-5-4-6-24(29)17-23)20-27(33)30-25-11-9-22(10-12-25)18-28(34)31-15-2-3-16-31/h4-14,17H,2-3,15-16,18-20H2,1H3,(H,30,33). The van der Waals surface area contributed by atoms with Gasteiger partial charge in [-0.25, -0.2) is 8.42 Å². The number of carbonyl (C=O) groups excluding carboxylic acids is 2. The van der Waals surface area contributed by atoms with E-state index < -0.39 is 15.9 Å². The van der Waals surface area contributed by atoms with Gasteiger partial charge in [0, 0.05) is 30.3 Å². The topological polar surface area (TPSA) is 86.8 Å². The smallest absolute Gasteiger partial charge is 0.243 e. The van der Waals surface area contributed by atoms with Gasteiger partial charge in [0.2, 0.25) is 21.8 Å². The van der Waals surface area contributed by atoms with Crippen LogP contribution < -0.4 is 5.32 Å². The summed E-state index contributed by atoms with van der Waals surface area (Å²) < 4.78 is 28.0. The number of aryl methyl sites for hydroxylation is 1. The summed E-state index contributed by atoms with van der Waals surface area (Å²) in [4.78, 5) is 27.3. The highest BCUT2D eigenvalue weighted by Crippen LogP contribution is 2.21. The number of rotatable bonds is 9. The van der Waals surface area contributed by atoms with Crippen LogP contribution in [0.25, 0.3) is 0 Å². The SMILES string of the molecule is Cc1ccc(S(=O)(=O)N(CC(=O)Nc2ccc(CC(=O)N3CCCC3)cc2)Cc2cccc(Cl)c2)cc1. The molecular weight excluding hydrogens is 510 g/mol. The zero-order valence-electron chi connectivity index (χ0n) is 20.7. The van der Waals surface area contributed by atoms with Crippen molar-refractivity contribution in [2.45, 2.75) is 37.6 Å². The molecule has 0 spiro atoms. The Morgan fingerprint density at radius 1 is 0.946 bits per heavy atom. The van der Waals surface area contributed by atoms with Crippen molar-refractivity contribution >= 4 is 39.1 Å². The van der Waals surface area contributed by atoms with E-state index in [-0.39, 0.29) is 23.9 Å². The number of nitrogens with zero attached hydrogens (tertiary/aromatic N) is 2. The van der Waals surface area contributed by atoms with Gasteiger partial charge in [-0.05, 0) is 67.3 Å². The summed E-state index contributed by atoms with van der Waals surface area (Å²) in [6.45, 7) is 3.11. The zero-order valence-corrected chi connectivity index (χ0v) is 22.3. The monoisotopic (exact) mass is 539 g/mol. The number of likely N-dealkylation sites (tertiary alicyclic amines) is 1. The first-order chi connectivity index (χ1) is 17.7. The first-order valence-electron chi connectivity index (χ1n) is 12.2. The minimum atomic E-state index is -3.96. The third-order valence-corrected chi connectivity index (χ3v) is 8.32. The van der Waals surface area contributed by atoms with E-state index in [4.69, 9.17) is 11.6 Å². The van der Waals surface area contributed by atoms with Crippen LogP contribution in [-0.2, 0) is 32.6 Å². The maximum atomic E-state index is 13.5. The van der Waals surface area contributed by atoms with Gasteiger partial charge in [-0.2, -0.15) is 4.31 Å². The van der Waals surface area contributed by atoms with Crippen LogP contribution in [0.1, 0.15) is 29.5 Å². The molecule has 2 amide bonds. The molecule has 0 radical (unpaired) electrons. The van der Waals surface area contributed by atoms with Gasteiger partial charge in [0.15, 0.2) is 0 Å². The molecule has 3 aromatic carbocycles. The Morgan fingerprint density at radius 3 is 2.27 bits per heavy atom. The largest absolute Gasteiger partial charge is 0.342 e. The van der Waals surface area contributed by atoms with Crippen molar-refractivity contribution in [1.29, 1.82) is 0 Å². The lowest BCUT2D eigenvalue weighted by Gasteiger charge is -2.22. The number of halogens is 1. The highest BCUT2D eigenvalue weighted by atomic mass is 35.5. The lowest BCUT2D eigenvalue weighted by molar-refractivity contribution is -0.129. The fourth-order valence-electron chi connectivity index (χ4n) is 4.24. The zero-order chi connectivity index (χ0) is 26.4. The molecular formula is C28H30ClN3O4S. The molecule has 37 heavy (non-hydrogen) atoms. The van der Waals surface area contributed by atoms with E-state index in [1.54, 1.807) is 60.7 Å². The highest BCUT2D eigenvalue weighted by Gasteiger charge is 2.27. The first-order valence-corrected chi connectivity index (χ1v) is 14.0. The van der Waals surface area contributed by atoms with Gasteiger partial charge in [0.25, 0.3) is 0 Å². The number of nitrogens with one attached hydrogen (secondary N) is 1. The van der Waals surface area contributed by atoms with Crippen molar-refractivity contribution in [2.75, 3.05) is 25.0 Å². The molecule has 3 aromatic rings. The van der Waals surface area contributed by atoms with Crippen molar-refractivity contribution in [2.24, 2.45) is 0 Å².